The number of ether oxygens (including phenoxy) is 4. The van der Waals surface area contributed by atoms with Crippen LogP contribution in [0.15, 0.2) is 48.0 Å². The van der Waals surface area contributed by atoms with Crippen molar-refractivity contribution in [1.82, 2.24) is 4.90 Å². The molecular weight excluding hydrogens is 438 g/mol. The van der Waals surface area contributed by atoms with Crippen LogP contribution < -0.4 is 14.2 Å². The predicted octanol–water partition coefficient (Wildman–Crippen LogP) is 3.95. The van der Waals surface area contributed by atoms with Gasteiger partial charge in [0.05, 0.1) is 31.9 Å². The lowest BCUT2D eigenvalue weighted by Gasteiger charge is -2.26. The van der Waals surface area contributed by atoms with E-state index >= 15 is 0 Å². The number of aliphatic hydroxyl groups is 1. The third-order valence-electron chi connectivity index (χ3n) is 5.53. The molecule has 1 aliphatic rings. The first-order valence-electron chi connectivity index (χ1n) is 11.3. The van der Waals surface area contributed by atoms with Gasteiger partial charge in [0.15, 0.2) is 11.5 Å². The van der Waals surface area contributed by atoms with Gasteiger partial charge in [-0.1, -0.05) is 6.07 Å². The van der Waals surface area contributed by atoms with E-state index in [1.54, 1.807) is 49.6 Å². The highest BCUT2D eigenvalue weighted by molar-refractivity contribution is 6.46. The van der Waals surface area contributed by atoms with Crippen LogP contribution in [0.25, 0.3) is 5.76 Å². The number of benzene rings is 2. The highest BCUT2D eigenvalue weighted by atomic mass is 16.5. The van der Waals surface area contributed by atoms with Crippen molar-refractivity contribution in [3.05, 3.63) is 59.2 Å². The van der Waals surface area contributed by atoms with Gasteiger partial charge < -0.3 is 29.0 Å². The van der Waals surface area contributed by atoms with Gasteiger partial charge in [-0.2, -0.15) is 0 Å². The Hall–Kier alpha value is -3.52. The van der Waals surface area contributed by atoms with E-state index in [2.05, 4.69) is 0 Å². The number of nitrogens with zero attached hydrogens (tertiary/aromatic N) is 1. The van der Waals surface area contributed by atoms with Gasteiger partial charge in [0, 0.05) is 25.8 Å². The maximum Gasteiger partial charge on any atom is 0.295 e. The Bertz CT molecular complexity index is 1050. The molecule has 34 heavy (non-hydrogen) atoms. The highest BCUT2D eigenvalue weighted by Gasteiger charge is 2.46. The summed E-state index contributed by atoms with van der Waals surface area (Å²) in [7, 11) is 3.10. The van der Waals surface area contributed by atoms with Gasteiger partial charge in [-0.05, 0) is 62.2 Å². The Kier molecular flexibility index (Phi) is 8.54. The zero-order valence-electron chi connectivity index (χ0n) is 20.0. The van der Waals surface area contributed by atoms with Gasteiger partial charge in [-0.15, -0.1) is 0 Å². The average molecular weight is 470 g/mol. The SMILES string of the molecule is CCOc1ccc(/C(O)=C2\C(=O)C(=O)N(CCCOC)C2c2ccc(OCC)c(OC)c2)cc1. The van der Waals surface area contributed by atoms with Crippen LogP contribution in [0.1, 0.15) is 37.4 Å². The van der Waals surface area contributed by atoms with Crippen LogP contribution >= 0.6 is 0 Å². The second-order valence-corrected chi connectivity index (χ2v) is 7.64. The molecule has 182 valence electrons. The highest BCUT2D eigenvalue weighted by Crippen LogP contribution is 2.42. The molecule has 1 fully saturated rings. The monoisotopic (exact) mass is 469 g/mol. The molecule has 2 aromatic carbocycles. The van der Waals surface area contributed by atoms with Crippen molar-refractivity contribution in [1.29, 1.82) is 0 Å². The summed E-state index contributed by atoms with van der Waals surface area (Å²) in [6.45, 7) is 5.44. The molecule has 0 saturated carbocycles. The number of hydrogen-bond donors (Lipinski definition) is 1. The van der Waals surface area contributed by atoms with Crippen LogP contribution in [-0.4, -0.2) is 62.3 Å². The number of amides is 1. The lowest BCUT2D eigenvalue weighted by Crippen LogP contribution is -2.31. The van der Waals surface area contributed by atoms with Gasteiger partial charge in [-0.3, -0.25) is 9.59 Å². The Morgan fingerprint density at radius 3 is 2.29 bits per heavy atom. The van der Waals surface area contributed by atoms with Crippen molar-refractivity contribution >= 4 is 17.4 Å². The van der Waals surface area contributed by atoms with Crippen LogP contribution in [0, 0.1) is 0 Å². The number of ketones is 1. The zero-order valence-corrected chi connectivity index (χ0v) is 20.0. The maximum atomic E-state index is 13.1. The molecule has 3 rings (SSSR count). The molecule has 1 atom stereocenters. The molecule has 0 bridgehead atoms. The van der Waals surface area contributed by atoms with E-state index in [9.17, 15) is 14.7 Å². The largest absolute Gasteiger partial charge is 0.507 e. The molecule has 1 heterocycles. The summed E-state index contributed by atoms with van der Waals surface area (Å²) in [4.78, 5) is 27.6. The number of rotatable bonds is 11. The Morgan fingerprint density at radius 1 is 0.971 bits per heavy atom. The first-order valence-corrected chi connectivity index (χ1v) is 11.3. The van der Waals surface area contributed by atoms with Gasteiger partial charge in [0.1, 0.15) is 11.5 Å². The minimum absolute atomic E-state index is 0.0257. The molecule has 1 amide bonds. The summed E-state index contributed by atoms with van der Waals surface area (Å²) in [6.07, 6.45) is 0.539. The molecule has 1 unspecified atom stereocenters. The summed E-state index contributed by atoms with van der Waals surface area (Å²) < 4.78 is 21.7. The van der Waals surface area contributed by atoms with Crippen molar-refractivity contribution in [2.45, 2.75) is 26.3 Å². The van der Waals surface area contributed by atoms with E-state index in [0.29, 0.717) is 61.2 Å². The zero-order chi connectivity index (χ0) is 24.7. The van der Waals surface area contributed by atoms with E-state index in [1.807, 2.05) is 13.8 Å². The van der Waals surface area contributed by atoms with E-state index in [0.717, 1.165) is 0 Å². The van der Waals surface area contributed by atoms with Crippen molar-refractivity contribution in [3.8, 4) is 17.2 Å². The first kappa shape index (κ1) is 25.1. The molecule has 0 aromatic heterocycles. The normalized spacial score (nSPS) is 17.2. The first-order chi connectivity index (χ1) is 16.5. The van der Waals surface area contributed by atoms with Crippen molar-refractivity contribution < 1.29 is 33.6 Å². The molecule has 1 saturated heterocycles. The average Bonchev–Trinajstić information content (AvgIpc) is 3.10. The number of aliphatic hydroxyl groups excluding tert-OH is 1. The van der Waals surface area contributed by atoms with E-state index in [4.69, 9.17) is 18.9 Å². The molecule has 0 aliphatic carbocycles. The number of carbonyl (C=O) groups is 2. The fourth-order valence-corrected chi connectivity index (χ4v) is 4.00. The smallest absolute Gasteiger partial charge is 0.295 e. The molecule has 2 aromatic rings. The summed E-state index contributed by atoms with van der Waals surface area (Å²) in [5.41, 5.74) is 1.07. The third-order valence-corrected chi connectivity index (χ3v) is 5.53. The maximum absolute atomic E-state index is 13.1. The van der Waals surface area contributed by atoms with E-state index in [1.165, 1.54) is 12.0 Å². The molecule has 0 spiro atoms. The number of methoxy groups -OCH3 is 2. The second kappa shape index (κ2) is 11.6. The van der Waals surface area contributed by atoms with Crippen LogP contribution in [-0.2, 0) is 14.3 Å². The Labute approximate surface area is 199 Å². The molecule has 1 aliphatic heterocycles. The molecular formula is C26H31NO7. The van der Waals surface area contributed by atoms with Gasteiger partial charge in [0.25, 0.3) is 11.7 Å². The summed E-state index contributed by atoms with van der Waals surface area (Å²) >= 11 is 0. The summed E-state index contributed by atoms with van der Waals surface area (Å²) in [5, 5.41) is 11.2. The van der Waals surface area contributed by atoms with Crippen molar-refractivity contribution in [2.24, 2.45) is 0 Å². The van der Waals surface area contributed by atoms with Crippen molar-refractivity contribution in [2.75, 3.05) is 40.6 Å². The predicted molar refractivity (Wildman–Crippen MR) is 127 cm³/mol. The Morgan fingerprint density at radius 2 is 1.68 bits per heavy atom. The minimum atomic E-state index is -0.784. The number of Topliss-reactive ketones (excluding diaryl/α,β-unsaturated/α-hetero) is 1. The van der Waals surface area contributed by atoms with E-state index < -0.39 is 17.7 Å². The van der Waals surface area contributed by atoms with Crippen LogP contribution in [0.3, 0.4) is 0 Å². The van der Waals surface area contributed by atoms with Crippen molar-refractivity contribution in [3.63, 3.8) is 0 Å². The van der Waals surface area contributed by atoms with Gasteiger partial charge in [-0.25, -0.2) is 0 Å². The molecule has 0 radical (unpaired) electrons. The van der Waals surface area contributed by atoms with Crippen LogP contribution in [0.5, 0.6) is 17.2 Å². The number of likely N-dealkylation sites (tertiary alicyclic amines) is 1. The Balaban J connectivity index is 2.11. The molecule has 8 heteroatoms. The fraction of sp³-hybridized carbons (Fsp3) is 0.385. The second-order valence-electron chi connectivity index (χ2n) is 7.64. The van der Waals surface area contributed by atoms with Gasteiger partial charge in [0.2, 0.25) is 0 Å². The van der Waals surface area contributed by atoms with Crippen LogP contribution in [0.2, 0.25) is 0 Å². The summed E-state index contributed by atoms with van der Waals surface area (Å²) in [6, 6.07) is 11.2. The van der Waals surface area contributed by atoms with Gasteiger partial charge >= 0.3 is 0 Å². The third kappa shape index (κ3) is 5.17. The lowest BCUT2D eigenvalue weighted by atomic mass is 9.95. The molecule has 1 N–H and O–H groups in total. The standard InChI is InChI=1S/C26H31NO7/c1-5-33-19-11-8-17(9-12-19)24(28)22-23(27(14-7-15-31-3)26(30)25(22)29)18-10-13-20(34-6-2)21(16-18)32-4/h8-13,16,23,28H,5-7,14-15H2,1-4H3/b24-22+. The number of carbonyl (C=O) groups excluding carboxylic acids is 2. The quantitative estimate of drug-likeness (QED) is 0.230. The topological polar surface area (TPSA) is 94.5 Å². The fourth-order valence-electron chi connectivity index (χ4n) is 4.00. The van der Waals surface area contributed by atoms with E-state index in [-0.39, 0.29) is 11.3 Å². The number of hydrogen-bond acceptors (Lipinski definition) is 7. The lowest BCUT2D eigenvalue weighted by molar-refractivity contribution is -0.140. The molecule has 8 nitrogen and oxygen atoms in total. The minimum Gasteiger partial charge on any atom is -0.507 e. The summed E-state index contributed by atoms with van der Waals surface area (Å²) in [5.74, 6) is 0.0305. The van der Waals surface area contributed by atoms with Crippen LogP contribution in [0.4, 0.5) is 0 Å².